The Morgan fingerprint density at radius 2 is 1.55 bits per heavy atom. The second kappa shape index (κ2) is 22.4. The van der Waals surface area contributed by atoms with Gasteiger partial charge in [-0.25, -0.2) is 14.6 Å². The highest BCUT2D eigenvalue weighted by molar-refractivity contribution is 6.13. The Kier molecular flexibility index (Phi) is 16.4. The van der Waals surface area contributed by atoms with E-state index in [-0.39, 0.29) is 91.4 Å². The third-order valence-electron chi connectivity index (χ3n) is 15.2. The van der Waals surface area contributed by atoms with Crippen molar-refractivity contribution in [3.63, 3.8) is 0 Å². The largest absolute Gasteiger partial charge is 0.476 e. The number of aliphatic hydroxyl groups excluding tert-OH is 4. The van der Waals surface area contributed by atoms with E-state index in [1.165, 1.54) is 25.2 Å². The van der Waals surface area contributed by atoms with Gasteiger partial charge in [0.1, 0.15) is 36.8 Å². The maximum Gasteiger partial charge on any atom is 0.407 e. The minimum absolute atomic E-state index is 0.0166. The topological polar surface area (TPSA) is 327 Å². The molecule has 23 nitrogen and oxygen atoms in total. The number of alkyl carbamates (subject to hydrolysis) is 1. The number of nitrogens with one attached hydrogen (secondary N) is 4. The average molecular weight is 1060 g/mol. The third-order valence-corrected chi connectivity index (χ3v) is 15.2. The second-order valence-electron chi connectivity index (χ2n) is 21.7. The number of ether oxygens (including phenoxy) is 4. The molecule has 4 bridgehead atoms. The van der Waals surface area contributed by atoms with Crippen molar-refractivity contribution in [3.8, 4) is 16.9 Å². The number of anilines is 1. The van der Waals surface area contributed by atoms with Crippen molar-refractivity contribution in [2.24, 2.45) is 16.2 Å². The minimum Gasteiger partial charge on any atom is -0.476 e. The lowest BCUT2D eigenvalue weighted by molar-refractivity contribution is -0.277. The number of likely N-dealkylation sites (N-methyl/N-ethyl adjacent to an activating group) is 1. The molecule has 6 aliphatic rings. The second-order valence-corrected chi connectivity index (χ2v) is 21.7. The third kappa shape index (κ3) is 12.4. The summed E-state index contributed by atoms with van der Waals surface area (Å²) in [5.41, 5.74) is 2.31. The zero-order chi connectivity index (χ0) is 54.7. The Hall–Kier alpha value is -6.76. The molecule has 76 heavy (non-hydrogen) atoms. The summed E-state index contributed by atoms with van der Waals surface area (Å²) in [7, 11) is 1.51. The fourth-order valence-corrected chi connectivity index (χ4v) is 13.0. The van der Waals surface area contributed by atoms with Crippen LogP contribution in [0, 0.1) is 23.2 Å². The molecule has 0 spiro atoms. The molecular weight excluding hydrogens is 991 g/mol. The molecule has 4 heterocycles. The Labute approximate surface area is 438 Å². The molecule has 1 saturated heterocycles. The van der Waals surface area contributed by atoms with Crippen LogP contribution in [0.4, 0.5) is 10.5 Å². The summed E-state index contributed by atoms with van der Waals surface area (Å²) in [5, 5.41) is 61.6. The van der Waals surface area contributed by atoms with Crippen LogP contribution in [0.3, 0.4) is 0 Å². The highest BCUT2D eigenvalue weighted by Gasteiger charge is 2.66. The number of hydrogen-bond acceptors (Lipinski definition) is 16. The van der Waals surface area contributed by atoms with Gasteiger partial charge in [-0.15, -0.1) is 0 Å². The van der Waals surface area contributed by atoms with E-state index in [4.69, 9.17) is 18.9 Å². The monoisotopic (exact) mass is 1060 g/mol. The first-order chi connectivity index (χ1) is 36.0. The summed E-state index contributed by atoms with van der Waals surface area (Å²) in [4.78, 5) is 92.0. The van der Waals surface area contributed by atoms with Gasteiger partial charge in [0.25, 0.3) is 11.8 Å². The van der Waals surface area contributed by atoms with Crippen molar-refractivity contribution in [2.45, 2.75) is 128 Å². The molecule has 3 aromatic rings. The van der Waals surface area contributed by atoms with Gasteiger partial charge in [-0.2, -0.15) is 0 Å². The van der Waals surface area contributed by atoms with Gasteiger partial charge in [-0.05, 0) is 91.5 Å². The number of aromatic carboxylic acids is 1. The van der Waals surface area contributed by atoms with Crippen LogP contribution in [0.15, 0.2) is 54.7 Å². The predicted molar refractivity (Wildman–Crippen MR) is 268 cm³/mol. The molecule has 4 aliphatic carbocycles. The van der Waals surface area contributed by atoms with Gasteiger partial charge in [0, 0.05) is 81.2 Å². The van der Waals surface area contributed by atoms with E-state index in [2.05, 4.69) is 44.7 Å². The first-order valence-corrected chi connectivity index (χ1v) is 25.4. The number of aliphatic hydroxyl groups is 4. The lowest BCUT2D eigenvalue weighted by Gasteiger charge is -2.69. The Bertz CT molecular complexity index is 2740. The van der Waals surface area contributed by atoms with E-state index in [0.29, 0.717) is 23.4 Å². The highest BCUT2D eigenvalue weighted by atomic mass is 16.7. The summed E-state index contributed by atoms with van der Waals surface area (Å²) in [6.45, 7) is 6.52. The first-order valence-electron chi connectivity index (χ1n) is 25.4. The lowest BCUT2D eigenvalue weighted by Crippen LogP contribution is -2.64. The van der Waals surface area contributed by atoms with Crippen molar-refractivity contribution < 1.29 is 78.0 Å². The number of carboxylic acids is 1. The van der Waals surface area contributed by atoms with Crippen LogP contribution in [0.25, 0.3) is 11.1 Å². The molecular formula is C53H67N7O16. The maximum absolute atomic E-state index is 13.2. The molecule has 0 radical (unpaired) electrons. The van der Waals surface area contributed by atoms with Gasteiger partial charge in [0.05, 0.1) is 36.6 Å². The first kappa shape index (κ1) is 55.5. The number of aromatic nitrogens is 2. The molecule has 410 valence electrons. The average Bonchev–Trinajstić information content (AvgIpc) is 3.99. The van der Waals surface area contributed by atoms with Crippen molar-refractivity contribution in [2.75, 3.05) is 45.2 Å². The number of imide groups is 1. The number of carbonyl (C=O) groups excluding carboxylic acids is 6. The minimum atomic E-state index is -1.76. The zero-order valence-corrected chi connectivity index (χ0v) is 43.0. The van der Waals surface area contributed by atoms with E-state index in [1.54, 1.807) is 12.1 Å². The van der Waals surface area contributed by atoms with E-state index in [1.807, 2.05) is 19.2 Å². The number of pyridine rings is 1. The van der Waals surface area contributed by atoms with Crippen LogP contribution < -0.4 is 26.0 Å². The van der Waals surface area contributed by atoms with E-state index in [0.717, 1.165) is 66.8 Å². The summed E-state index contributed by atoms with van der Waals surface area (Å²) >= 11 is 0. The van der Waals surface area contributed by atoms with Crippen molar-refractivity contribution in [3.05, 3.63) is 77.4 Å². The van der Waals surface area contributed by atoms with Crippen LogP contribution in [0.1, 0.15) is 92.7 Å². The van der Waals surface area contributed by atoms with Crippen LogP contribution in [-0.4, -0.2) is 158 Å². The number of carbonyl (C=O) groups is 7. The number of rotatable bonds is 22. The van der Waals surface area contributed by atoms with Gasteiger partial charge in [-0.1, -0.05) is 26.0 Å². The molecule has 2 aliphatic heterocycles. The molecule has 9 N–H and O–H groups in total. The molecule has 2 unspecified atom stereocenters. The van der Waals surface area contributed by atoms with Crippen molar-refractivity contribution in [1.82, 2.24) is 30.4 Å². The molecule has 23 heteroatoms. The number of benzene rings is 1. The Morgan fingerprint density at radius 1 is 0.829 bits per heavy atom. The Balaban J connectivity index is 0.871. The molecule has 6 amide bonds. The normalized spacial score (nSPS) is 28.3. The van der Waals surface area contributed by atoms with Crippen LogP contribution in [0.2, 0.25) is 0 Å². The zero-order valence-electron chi connectivity index (χ0n) is 43.0. The predicted octanol–water partition coefficient (Wildman–Crippen LogP) is 1.85. The van der Waals surface area contributed by atoms with Gasteiger partial charge in [-0.3, -0.25) is 28.9 Å². The van der Waals surface area contributed by atoms with Gasteiger partial charge in [0.15, 0.2) is 5.69 Å². The standard InChI is InChI=1S/C53H67N7O16/c1-30-33(34-7-6-32(20-40(64)54-4)57-43(34)47(70)71)12-16-59(30)29-52-24-50(2)23-51(3,25-52)27-53(26-50,28-52)74-18-15-56-49(72)73-22-31-5-8-36(75-48-46(69)45(68)44(67)37(21-61)76-48)35(19-31)58-39(63)11-14-55-38(62)13-17-60-41(65)9-10-42(60)66/h5-10,12,16,19,37,44-46,48,61,67-69H,11,13-15,17-18,20-29H2,1-4H3,(H,54,64)(H,55,62)(H,56,72)(H,58,63)(H,70,71)/t37-,44-,45+,46-,48-,50?,51?,52?,53?/m1/s1. The van der Waals surface area contributed by atoms with Crippen LogP contribution >= 0.6 is 0 Å². The van der Waals surface area contributed by atoms with Gasteiger partial charge in [0.2, 0.25) is 24.0 Å². The molecule has 7 atom stereocenters. The smallest absolute Gasteiger partial charge is 0.407 e. The summed E-state index contributed by atoms with van der Waals surface area (Å²) in [5.74, 6) is -3.66. The van der Waals surface area contributed by atoms with Gasteiger partial charge >= 0.3 is 12.1 Å². The fourth-order valence-electron chi connectivity index (χ4n) is 13.0. The molecule has 4 saturated carbocycles. The van der Waals surface area contributed by atoms with Crippen molar-refractivity contribution >= 4 is 47.3 Å². The molecule has 2 aromatic heterocycles. The number of nitrogens with zero attached hydrogens (tertiary/aromatic N) is 3. The number of carboxylic acid groups (broad SMARTS) is 1. The Morgan fingerprint density at radius 3 is 2.24 bits per heavy atom. The summed E-state index contributed by atoms with van der Waals surface area (Å²) in [6.07, 6.45) is 0.668. The van der Waals surface area contributed by atoms with E-state index < -0.39 is 78.6 Å². The molecule has 1 aromatic carbocycles. The van der Waals surface area contributed by atoms with Crippen LogP contribution in [0.5, 0.6) is 5.75 Å². The quantitative estimate of drug-likeness (QED) is 0.0512. The summed E-state index contributed by atoms with van der Waals surface area (Å²) in [6, 6.07) is 9.70. The molecule has 5 fully saturated rings. The van der Waals surface area contributed by atoms with Gasteiger partial charge < -0.3 is 70.3 Å². The van der Waals surface area contributed by atoms with E-state index >= 15 is 0 Å². The highest BCUT2D eigenvalue weighted by Crippen LogP contribution is 2.72. The van der Waals surface area contributed by atoms with Crippen LogP contribution in [-0.2, 0) is 57.8 Å². The fraction of sp³-hybridized carbons (Fsp3) is 0.547. The lowest BCUT2D eigenvalue weighted by atomic mass is 9.39. The summed E-state index contributed by atoms with van der Waals surface area (Å²) < 4.78 is 25.9. The van der Waals surface area contributed by atoms with E-state index in [9.17, 15) is 59.1 Å². The maximum atomic E-state index is 13.2. The molecule has 9 rings (SSSR count). The SMILES string of the molecule is CNC(=O)Cc1ccc(-c2ccn(CC34CC5(C)CC(C)(C3)CC(OCCNC(=O)OCc3ccc(O[C@@H]6O[C@H](CO)[C@@H](O)[C@H](O)[C@H]6O)c(NC(=O)CCNC(=O)CCN6C(=O)C=CC6=O)c3)(C5)C4)c2C)c(C(=O)O)n1. The number of hydrogen-bond donors (Lipinski definition) is 9. The van der Waals surface area contributed by atoms with Crippen molar-refractivity contribution in [1.29, 1.82) is 0 Å². The number of amides is 6.